The summed E-state index contributed by atoms with van der Waals surface area (Å²) in [5.41, 5.74) is 5.78. The van der Waals surface area contributed by atoms with Crippen LogP contribution >= 0.6 is 11.6 Å². The molecule has 1 fully saturated rings. The molecule has 5 heteroatoms. The van der Waals surface area contributed by atoms with Gasteiger partial charge in [0.15, 0.2) is 11.0 Å². The van der Waals surface area contributed by atoms with E-state index < -0.39 is 0 Å². The van der Waals surface area contributed by atoms with Crippen molar-refractivity contribution in [2.24, 2.45) is 11.7 Å². The van der Waals surface area contributed by atoms with Crippen LogP contribution in [-0.2, 0) is 0 Å². The van der Waals surface area contributed by atoms with Crippen LogP contribution in [-0.4, -0.2) is 29.9 Å². The smallest absolute Gasteiger partial charge is 0.289 e. The second kappa shape index (κ2) is 5.76. The Morgan fingerprint density at radius 1 is 1.56 bits per heavy atom. The third kappa shape index (κ3) is 2.54. The number of rotatable bonds is 4. The summed E-state index contributed by atoms with van der Waals surface area (Å²) in [6.07, 6.45) is 3.26. The van der Waals surface area contributed by atoms with Crippen molar-refractivity contribution in [2.75, 3.05) is 13.1 Å². The maximum absolute atomic E-state index is 12.4. The number of hydrogen-bond acceptors (Lipinski definition) is 3. The van der Waals surface area contributed by atoms with Gasteiger partial charge in [0.05, 0.1) is 0 Å². The van der Waals surface area contributed by atoms with Gasteiger partial charge in [0, 0.05) is 12.6 Å². The maximum Gasteiger partial charge on any atom is 0.289 e. The van der Waals surface area contributed by atoms with E-state index in [1.807, 2.05) is 11.8 Å². The number of halogens is 1. The van der Waals surface area contributed by atoms with Crippen molar-refractivity contribution in [2.45, 2.75) is 32.2 Å². The number of carbonyl (C=O) groups is 1. The van der Waals surface area contributed by atoms with E-state index in [2.05, 4.69) is 0 Å². The molecule has 1 aliphatic carbocycles. The lowest BCUT2D eigenvalue weighted by molar-refractivity contribution is 0.0619. The van der Waals surface area contributed by atoms with Crippen molar-refractivity contribution in [3.8, 4) is 0 Å². The molecule has 2 atom stereocenters. The first-order chi connectivity index (χ1) is 8.67. The van der Waals surface area contributed by atoms with Gasteiger partial charge in [-0.15, -0.1) is 0 Å². The highest BCUT2D eigenvalue weighted by atomic mass is 35.5. The van der Waals surface area contributed by atoms with E-state index in [4.69, 9.17) is 21.8 Å². The first-order valence-electron chi connectivity index (χ1n) is 6.43. The lowest BCUT2D eigenvalue weighted by atomic mass is 10.0. The minimum absolute atomic E-state index is 0.0882. The van der Waals surface area contributed by atoms with Crippen LogP contribution in [0.3, 0.4) is 0 Å². The van der Waals surface area contributed by atoms with Crippen LogP contribution in [0.5, 0.6) is 0 Å². The van der Waals surface area contributed by atoms with Crippen molar-refractivity contribution < 1.29 is 9.21 Å². The third-order valence-electron chi connectivity index (χ3n) is 3.71. The molecular formula is C13H19ClN2O2. The molecule has 0 aromatic carbocycles. The highest BCUT2D eigenvalue weighted by molar-refractivity contribution is 6.29. The average Bonchev–Trinajstić information content (AvgIpc) is 2.98. The van der Waals surface area contributed by atoms with Crippen LogP contribution in [0.1, 0.15) is 36.7 Å². The molecule has 18 heavy (non-hydrogen) atoms. The Hall–Kier alpha value is -1.00. The normalized spacial score (nSPS) is 23.3. The summed E-state index contributed by atoms with van der Waals surface area (Å²) in [7, 11) is 0. The van der Waals surface area contributed by atoms with E-state index in [-0.39, 0.29) is 17.2 Å². The molecule has 1 amide bonds. The summed E-state index contributed by atoms with van der Waals surface area (Å²) in [5, 5.41) is 0.246. The Labute approximate surface area is 112 Å². The molecule has 1 aromatic rings. The summed E-state index contributed by atoms with van der Waals surface area (Å²) < 4.78 is 5.20. The van der Waals surface area contributed by atoms with E-state index >= 15 is 0 Å². The molecule has 0 radical (unpaired) electrons. The highest BCUT2D eigenvalue weighted by Gasteiger charge is 2.34. The number of furan rings is 1. The van der Waals surface area contributed by atoms with Gasteiger partial charge in [-0.1, -0.05) is 6.42 Å². The van der Waals surface area contributed by atoms with E-state index in [0.717, 1.165) is 19.3 Å². The summed E-state index contributed by atoms with van der Waals surface area (Å²) >= 11 is 5.71. The number of nitrogens with zero attached hydrogens (tertiary/aromatic N) is 1. The Balaban J connectivity index is 2.15. The Morgan fingerprint density at radius 3 is 2.89 bits per heavy atom. The largest absolute Gasteiger partial charge is 0.440 e. The molecule has 2 rings (SSSR count). The standard InChI is InChI=1S/C13H19ClN2O2/c1-2-16(10-5-3-4-9(10)8-15)13(17)11-6-7-12(14)18-11/h6-7,9-10H,2-5,8,15H2,1H3. The Bertz CT molecular complexity index is 419. The Morgan fingerprint density at radius 2 is 2.33 bits per heavy atom. The SMILES string of the molecule is CCN(C(=O)c1ccc(Cl)o1)C1CCCC1CN. The van der Waals surface area contributed by atoms with E-state index in [9.17, 15) is 4.79 Å². The minimum atomic E-state index is -0.0882. The van der Waals surface area contributed by atoms with Gasteiger partial charge in [0.2, 0.25) is 0 Å². The first kappa shape index (κ1) is 13.4. The van der Waals surface area contributed by atoms with Crippen molar-refractivity contribution in [1.82, 2.24) is 4.90 Å². The van der Waals surface area contributed by atoms with Gasteiger partial charge >= 0.3 is 0 Å². The van der Waals surface area contributed by atoms with Crippen molar-refractivity contribution in [3.63, 3.8) is 0 Å². The van der Waals surface area contributed by atoms with E-state index in [0.29, 0.717) is 24.8 Å². The van der Waals surface area contributed by atoms with Crippen LogP contribution in [0.4, 0.5) is 0 Å². The van der Waals surface area contributed by atoms with Crippen molar-refractivity contribution in [1.29, 1.82) is 0 Å². The van der Waals surface area contributed by atoms with Crippen molar-refractivity contribution >= 4 is 17.5 Å². The quantitative estimate of drug-likeness (QED) is 0.915. The molecule has 4 nitrogen and oxygen atoms in total. The molecule has 1 aliphatic rings. The van der Waals surface area contributed by atoms with Gasteiger partial charge in [-0.05, 0) is 56.0 Å². The second-order valence-corrected chi connectivity index (χ2v) is 5.06. The molecule has 0 spiro atoms. The lowest BCUT2D eigenvalue weighted by Gasteiger charge is -2.31. The number of hydrogen-bond donors (Lipinski definition) is 1. The Kier molecular flexibility index (Phi) is 4.30. The predicted molar refractivity (Wildman–Crippen MR) is 70.6 cm³/mol. The average molecular weight is 271 g/mol. The zero-order valence-corrected chi connectivity index (χ0v) is 11.3. The topological polar surface area (TPSA) is 59.5 Å². The molecule has 0 bridgehead atoms. The van der Waals surface area contributed by atoms with E-state index in [1.165, 1.54) is 0 Å². The van der Waals surface area contributed by atoms with Crippen LogP contribution < -0.4 is 5.73 Å². The molecule has 1 heterocycles. The monoisotopic (exact) mass is 270 g/mol. The van der Waals surface area contributed by atoms with Crippen molar-refractivity contribution in [3.05, 3.63) is 23.1 Å². The van der Waals surface area contributed by atoms with Gasteiger partial charge in [-0.2, -0.15) is 0 Å². The fourth-order valence-electron chi connectivity index (χ4n) is 2.80. The molecule has 2 unspecified atom stereocenters. The van der Waals surface area contributed by atoms with Gasteiger partial charge in [0.25, 0.3) is 5.91 Å². The first-order valence-corrected chi connectivity index (χ1v) is 6.81. The third-order valence-corrected chi connectivity index (χ3v) is 3.91. The second-order valence-electron chi connectivity index (χ2n) is 4.69. The molecule has 0 saturated heterocycles. The minimum Gasteiger partial charge on any atom is -0.440 e. The molecule has 1 aromatic heterocycles. The van der Waals surface area contributed by atoms with Gasteiger partial charge < -0.3 is 15.1 Å². The van der Waals surface area contributed by atoms with Crippen LogP contribution in [0.25, 0.3) is 0 Å². The number of carbonyl (C=O) groups excluding carboxylic acids is 1. The van der Waals surface area contributed by atoms with Gasteiger partial charge in [-0.25, -0.2) is 0 Å². The van der Waals surface area contributed by atoms with Crippen LogP contribution in [0.15, 0.2) is 16.5 Å². The zero-order chi connectivity index (χ0) is 13.1. The van der Waals surface area contributed by atoms with E-state index in [1.54, 1.807) is 12.1 Å². The molecular weight excluding hydrogens is 252 g/mol. The predicted octanol–water partition coefficient (Wildman–Crippen LogP) is 2.52. The lowest BCUT2D eigenvalue weighted by Crippen LogP contribution is -2.44. The van der Waals surface area contributed by atoms with Gasteiger partial charge in [0.1, 0.15) is 0 Å². The zero-order valence-electron chi connectivity index (χ0n) is 10.6. The molecule has 0 aliphatic heterocycles. The summed E-state index contributed by atoms with van der Waals surface area (Å²) in [6, 6.07) is 3.45. The van der Waals surface area contributed by atoms with Crippen LogP contribution in [0, 0.1) is 5.92 Å². The summed E-state index contributed by atoms with van der Waals surface area (Å²) in [4.78, 5) is 14.2. The van der Waals surface area contributed by atoms with Gasteiger partial charge in [-0.3, -0.25) is 4.79 Å². The fourth-order valence-corrected chi connectivity index (χ4v) is 2.95. The molecule has 100 valence electrons. The van der Waals surface area contributed by atoms with Crippen LogP contribution in [0.2, 0.25) is 5.22 Å². The summed E-state index contributed by atoms with van der Waals surface area (Å²) in [6.45, 7) is 3.28. The fraction of sp³-hybridized carbons (Fsp3) is 0.615. The summed E-state index contributed by atoms with van der Waals surface area (Å²) in [5.74, 6) is 0.624. The molecule has 1 saturated carbocycles. The maximum atomic E-state index is 12.4. The highest BCUT2D eigenvalue weighted by Crippen LogP contribution is 2.30. The number of nitrogens with two attached hydrogens (primary N) is 1. The molecule has 2 N–H and O–H groups in total. The number of amides is 1.